The van der Waals surface area contributed by atoms with E-state index in [1.54, 1.807) is 43.5 Å². The number of hydrogen-bond acceptors (Lipinski definition) is 3. The summed E-state index contributed by atoms with van der Waals surface area (Å²) in [6.07, 6.45) is 1.23. The summed E-state index contributed by atoms with van der Waals surface area (Å²) in [5.74, 6) is -2.13. The van der Waals surface area contributed by atoms with Gasteiger partial charge < -0.3 is 14.9 Å². The predicted octanol–water partition coefficient (Wildman–Crippen LogP) is 4.00. The largest absolute Gasteiger partial charge is 0.497 e. The maximum atomic E-state index is 12.5. The van der Waals surface area contributed by atoms with Crippen molar-refractivity contribution in [3.63, 3.8) is 0 Å². The fourth-order valence-electron chi connectivity index (χ4n) is 4.09. The van der Waals surface area contributed by atoms with Gasteiger partial charge in [-0.3, -0.25) is 9.59 Å². The van der Waals surface area contributed by atoms with Gasteiger partial charge in [-0.15, -0.1) is 0 Å². The second kappa shape index (κ2) is 6.91. The van der Waals surface area contributed by atoms with E-state index in [0.29, 0.717) is 35.3 Å². The minimum absolute atomic E-state index is 0.337. The fourth-order valence-corrected chi connectivity index (χ4v) is 4.09. The molecule has 3 rings (SSSR count). The van der Waals surface area contributed by atoms with Crippen molar-refractivity contribution in [3.05, 3.63) is 64.7 Å². The standard InChI is InChI=1S/C22H22O5/c1-4-13-7-6-8-17-18(13)16(5-2)19(22(17,20(23)24)21(25)26)14-9-11-15(27-3)12-10-14/h6-12H,4-5H2,1-3H3,(H,23,24)(H,25,26). The van der Waals surface area contributed by atoms with Gasteiger partial charge in [0.15, 0.2) is 0 Å². The lowest BCUT2D eigenvalue weighted by Crippen LogP contribution is -2.43. The number of aryl methyl sites for hydroxylation is 1. The van der Waals surface area contributed by atoms with Crippen LogP contribution in [0, 0.1) is 0 Å². The molecule has 1 aliphatic carbocycles. The maximum absolute atomic E-state index is 12.5. The third kappa shape index (κ3) is 2.53. The number of fused-ring (bicyclic) bond motifs is 1. The Bertz CT molecular complexity index is 924. The van der Waals surface area contributed by atoms with E-state index in [9.17, 15) is 19.8 Å². The van der Waals surface area contributed by atoms with E-state index < -0.39 is 17.4 Å². The minimum Gasteiger partial charge on any atom is -0.497 e. The van der Waals surface area contributed by atoms with Crippen LogP contribution in [0.4, 0.5) is 0 Å². The van der Waals surface area contributed by atoms with Crippen LogP contribution in [0.1, 0.15) is 42.5 Å². The van der Waals surface area contributed by atoms with Crippen molar-refractivity contribution in [2.75, 3.05) is 7.11 Å². The summed E-state index contributed by atoms with van der Waals surface area (Å²) in [5.41, 5.74) is 1.62. The quantitative estimate of drug-likeness (QED) is 0.755. The lowest BCUT2D eigenvalue weighted by molar-refractivity contribution is -0.153. The molecule has 27 heavy (non-hydrogen) atoms. The van der Waals surface area contributed by atoms with E-state index >= 15 is 0 Å². The molecule has 0 saturated carbocycles. The van der Waals surface area contributed by atoms with Crippen molar-refractivity contribution in [3.8, 4) is 5.75 Å². The molecule has 0 aromatic heterocycles. The number of carboxylic acids is 2. The van der Waals surface area contributed by atoms with Crippen molar-refractivity contribution in [1.29, 1.82) is 0 Å². The average Bonchev–Trinajstić information content (AvgIpc) is 2.99. The van der Waals surface area contributed by atoms with Gasteiger partial charge in [0.05, 0.1) is 7.11 Å². The molecule has 1 aliphatic rings. The van der Waals surface area contributed by atoms with Gasteiger partial charge in [-0.05, 0) is 58.4 Å². The Kier molecular flexibility index (Phi) is 4.79. The van der Waals surface area contributed by atoms with Crippen LogP contribution >= 0.6 is 0 Å². The van der Waals surface area contributed by atoms with Gasteiger partial charge in [-0.1, -0.05) is 44.2 Å². The summed E-state index contributed by atoms with van der Waals surface area (Å²) in [4.78, 5) is 24.9. The smallest absolute Gasteiger partial charge is 0.330 e. The van der Waals surface area contributed by atoms with Gasteiger partial charge in [0.25, 0.3) is 0 Å². The Morgan fingerprint density at radius 1 is 0.963 bits per heavy atom. The summed E-state index contributed by atoms with van der Waals surface area (Å²) in [7, 11) is 1.55. The molecule has 0 atom stereocenters. The Balaban J connectivity index is 2.44. The third-order valence-electron chi connectivity index (χ3n) is 5.29. The maximum Gasteiger partial charge on any atom is 0.330 e. The molecule has 0 radical (unpaired) electrons. The minimum atomic E-state index is -2.12. The first-order chi connectivity index (χ1) is 12.9. The lowest BCUT2D eigenvalue weighted by Gasteiger charge is -2.25. The molecule has 0 unspecified atom stereocenters. The normalized spacial score (nSPS) is 14.8. The van der Waals surface area contributed by atoms with Crippen LogP contribution in [0.15, 0.2) is 42.5 Å². The Hall–Kier alpha value is -3.08. The molecular formula is C22H22O5. The molecule has 0 bridgehead atoms. The molecule has 0 spiro atoms. The zero-order valence-electron chi connectivity index (χ0n) is 15.6. The highest BCUT2D eigenvalue weighted by Gasteiger charge is 2.57. The van der Waals surface area contributed by atoms with Crippen molar-refractivity contribution < 1.29 is 24.5 Å². The molecular weight excluding hydrogens is 344 g/mol. The summed E-state index contributed by atoms with van der Waals surface area (Å²) in [6, 6.07) is 12.2. The van der Waals surface area contributed by atoms with E-state index in [-0.39, 0.29) is 0 Å². The first-order valence-corrected chi connectivity index (χ1v) is 8.90. The topological polar surface area (TPSA) is 83.8 Å². The molecule has 0 amide bonds. The summed E-state index contributed by atoms with van der Waals surface area (Å²) in [6.45, 7) is 3.91. The summed E-state index contributed by atoms with van der Waals surface area (Å²) in [5, 5.41) is 20.3. The van der Waals surface area contributed by atoms with Gasteiger partial charge in [0.2, 0.25) is 5.41 Å². The van der Waals surface area contributed by atoms with E-state index in [2.05, 4.69) is 0 Å². The molecule has 5 heteroatoms. The highest BCUT2D eigenvalue weighted by Crippen LogP contribution is 2.53. The molecule has 0 saturated heterocycles. The Labute approximate surface area is 157 Å². The summed E-state index contributed by atoms with van der Waals surface area (Å²) < 4.78 is 5.18. The number of carbonyl (C=O) groups is 2. The third-order valence-corrected chi connectivity index (χ3v) is 5.29. The van der Waals surface area contributed by atoms with Crippen LogP contribution in [-0.4, -0.2) is 29.3 Å². The number of benzene rings is 2. The van der Waals surface area contributed by atoms with E-state index in [1.165, 1.54) is 0 Å². The van der Waals surface area contributed by atoms with Crippen LogP contribution < -0.4 is 4.74 Å². The number of methoxy groups -OCH3 is 1. The number of allylic oxidation sites excluding steroid dienone is 1. The monoisotopic (exact) mass is 366 g/mol. The first-order valence-electron chi connectivity index (χ1n) is 8.90. The van der Waals surface area contributed by atoms with E-state index in [4.69, 9.17) is 4.74 Å². The van der Waals surface area contributed by atoms with Crippen LogP contribution in [0.3, 0.4) is 0 Å². The molecule has 0 aliphatic heterocycles. The molecule has 140 valence electrons. The molecule has 5 nitrogen and oxygen atoms in total. The highest BCUT2D eigenvalue weighted by molar-refractivity contribution is 6.25. The molecule has 0 heterocycles. The van der Waals surface area contributed by atoms with Gasteiger partial charge in [-0.2, -0.15) is 0 Å². The molecule has 2 aromatic carbocycles. The van der Waals surface area contributed by atoms with Crippen molar-refractivity contribution in [2.45, 2.75) is 32.1 Å². The Morgan fingerprint density at radius 3 is 2.07 bits per heavy atom. The highest BCUT2D eigenvalue weighted by atomic mass is 16.5. The van der Waals surface area contributed by atoms with Crippen molar-refractivity contribution in [1.82, 2.24) is 0 Å². The van der Waals surface area contributed by atoms with Gasteiger partial charge in [0.1, 0.15) is 5.75 Å². The second-order valence-corrected chi connectivity index (χ2v) is 6.49. The van der Waals surface area contributed by atoms with Gasteiger partial charge in [0, 0.05) is 0 Å². The van der Waals surface area contributed by atoms with Gasteiger partial charge >= 0.3 is 11.9 Å². The number of hydrogen-bond donors (Lipinski definition) is 2. The zero-order valence-corrected chi connectivity index (χ0v) is 15.6. The van der Waals surface area contributed by atoms with Crippen LogP contribution in [-0.2, 0) is 21.4 Å². The van der Waals surface area contributed by atoms with Crippen LogP contribution in [0.25, 0.3) is 11.1 Å². The fraction of sp³-hybridized carbons (Fsp3) is 0.273. The number of carboxylic acid groups (broad SMARTS) is 2. The van der Waals surface area contributed by atoms with Crippen LogP contribution in [0.2, 0.25) is 0 Å². The average molecular weight is 366 g/mol. The molecule has 0 fully saturated rings. The van der Waals surface area contributed by atoms with Gasteiger partial charge in [-0.25, -0.2) is 0 Å². The number of rotatable bonds is 6. The SMILES string of the molecule is CCC1=C(c2ccc(OC)cc2)C(C(=O)O)(C(=O)O)c2cccc(CC)c21. The predicted molar refractivity (Wildman–Crippen MR) is 103 cm³/mol. The van der Waals surface area contributed by atoms with Crippen molar-refractivity contribution in [2.24, 2.45) is 0 Å². The molecule has 2 N–H and O–H groups in total. The van der Waals surface area contributed by atoms with E-state index in [0.717, 1.165) is 16.7 Å². The lowest BCUT2D eigenvalue weighted by atomic mass is 9.74. The number of aliphatic carboxylic acids is 2. The number of ether oxygens (including phenoxy) is 1. The van der Waals surface area contributed by atoms with Crippen molar-refractivity contribution >= 4 is 23.1 Å². The Morgan fingerprint density at radius 2 is 1.59 bits per heavy atom. The molecule has 2 aromatic rings. The van der Waals surface area contributed by atoms with E-state index in [1.807, 2.05) is 19.9 Å². The first kappa shape index (κ1) is 18.7. The zero-order chi connectivity index (χ0) is 19.8. The van der Waals surface area contributed by atoms with Crippen LogP contribution in [0.5, 0.6) is 5.75 Å². The summed E-state index contributed by atoms with van der Waals surface area (Å²) >= 11 is 0. The second-order valence-electron chi connectivity index (χ2n) is 6.49.